The van der Waals surface area contributed by atoms with Gasteiger partial charge in [-0.1, -0.05) is 48.5 Å². The van der Waals surface area contributed by atoms with Gasteiger partial charge in [0.25, 0.3) is 5.91 Å². The topological polar surface area (TPSA) is 98.1 Å². The van der Waals surface area contributed by atoms with Gasteiger partial charge in [0.15, 0.2) is 17.1 Å². The Kier molecular flexibility index (Phi) is 9.56. The number of rotatable bonds is 11. The van der Waals surface area contributed by atoms with Crippen molar-refractivity contribution in [3.8, 4) is 5.75 Å². The fourth-order valence-corrected chi connectivity index (χ4v) is 4.28. The normalized spacial score (nSPS) is 11.7. The average molecular weight is 516 g/mol. The van der Waals surface area contributed by atoms with Gasteiger partial charge in [-0.15, -0.1) is 10.2 Å². The summed E-state index contributed by atoms with van der Waals surface area (Å²) < 4.78 is 7.62. The molecule has 3 aromatic rings. The van der Waals surface area contributed by atoms with Gasteiger partial charge < -0.3 is 19.9 Å². The van der Waals surface area contributed by atoms with E-state index in [0.717, 1.165) is 12.0 Å². The molecule has 2 amide bonds. The largest absolute Gasteiger partial charge is 0.481 e. The molecule has 1 atom stereocenters. The first-order valence-corrected chi connectivity index (χ1v) is 12.8. The summed E-state index contributed by atoms with van der Waals surface area (Å²) >= 11 is 7.30. The molecule has 0 saturated heterocycles. The van der Waals surface area contributed by atoms with Gasteiger partial charge in [-0.3, -0.25) is 9.59 Å². The zero-order chi connectivity index (χ0) is 25.4. The Hall–Kier alpha value is -3.04. The lowest BCUT2D eigenvalue weighted by Crippen LogP contribution is -2.36. The van der Waals surface area contributed by atoms with Crippen molar-refractivity contribution in [2.24, 2.45) is 0 Å². The number of anilines is 1. The average Bonchev–Trinajstić information content (AvgIpc) is 3.25. The number of halogens is 1. The lowest BCUT2D eigenvalue weighted by atomic mass is 10.2. The summed E-state index contributed by atoms with van der Waals surface area (Å²) in [5, 5.41) is 15.3. The van der Waals surface area contributed by atoms with Gasteiger partial charge in [0.2, 0.25) is 5.91 Å². The Morgan fingerprint density at radius 2 is 1.89 bits per heavy atom. The van der Waals surface area contributed by atoms with Crippen molar-refractivity contribution in [3.05, 3.63) is 64.4 Å². The second-order valence-electron chi connectivity index (χ2n) is 7.91. The molecule has 8 nitrogen and oxygen atoms in total. The summed E-state index contributed by atoms with van der Waals surface area (Å²) in [5.41, 5.74) is 2.82. The molecule has 1 heterocycles. The standard InChI is InChI=1S/C25H30ClN5O3S/c1-5-18-8-11-20(12-9-18)34-17(4)24(33)27-14-22-29-30-25(31(22)6-2)35-15-23(32)28-21-13-19(26)10-7-16(21)3/h7-13,17H,5-6,14-15H2,1-4H3,(H,27,33)(H,28,32)/t17-/m1/s1. The van der Waals surface area contributed by atoms with E-state index in [1.807, 2.05) is 48.7 Å². The molecule has 0 aliphatic carbocycles. The number of carbonyl (C=O) groups is 2. The first-order chi connectivity index (χ1) is 16.8. The number of amides is 2. The molecule has 0 aliphatic heterocycles. The molecule has 2 N–H and O–H groups in total. The molecule has 0 spiro atoms. The highest BCUT2D eigenvalue weighted by molar-refractivity contribution is 7.99. The first-order valence-electron chi connectivity index (χ1n) is 11.4. The van der Waals surface area contributed by atoms with Crippen molar-refractivity contribution in [1.82, 2.24) is 20.1 Å². The van der Waals surface area contributed by atoms with Crippen LogP contribution in [0.2, 0.25) is 5.02 Å². The lowest BCUT2D eigenvalue weighted by Gasteiger charge is -2.15. The molecular weight excluding hydrogens is 486 g/mol. The van der Waals surface area contributed by atoms with E-state index in [0.29, 0.717) is 34.0 Å². The minimum absolute atomic E-state index is 0.165. The molecule has 35 heavy (non-hydrogen) atoms. The van der Waals surface area contributed by atoms with Crippen LogP contribution >= 0.6 is 23.4 Å². The van der Waals surface area contributed by atoms with Crippen molar-refractivity contribution < 1.29 is 14.3 Å². The predicted molar refractivity (Wildman–Crippen MR) is 139 cm³/mol. The quantitative estimate of drug-likeness (QED) is 0.361. The van der Waals surface area contributed by atoms with E-state index in [2.05, 4.69) is 27.8 Å². The molecule has 0 unspecified atom stereocenters. The number of hydrogen-bond acceptors (Lipinski definition) is 6. The lowest BCUT2D eigenvalue weighted by molar-refractivity contribution is -0.127. The second-order valence-corrected chi connectivity index (χ2v) is 9.29. The smallest absolute Gasteiger partial charge is 0.261 e. The SMILES string of the molecule is CCc1ccc(O[C@H](C)C(=O)NCc2nnc(SCC(=O)Nc3cc(Cl)ccc3C)n2CC)cc1. The highest BCUT2D eigenvalue weighted by Crippen LogP contribution is 2.22. The van der Waals surface area contributed by atoms with E-state index < -0.39 is 6.10 Å². The molecule has 0 bridgehead atoms. The summed E-state index contributed by atoms with van der Waals surface area (Å²) in [6.45, 7) is 8.46. The van der Waals surface area contributed by atoms with E-state index in [4.69, 9.17) is 16.3 Å². The van der Waals surface area contributed by atoms with Gasteiger partial charge in [0.1, 0.15) is 5.75 Å². The van der Waals surface area contributed by atoms with Crippen molar-refractivity contribution >= 4 is 40.9 Å². The Balaban J connectivity index is 1.52. The van der Waals surface area contributed by atoms with Crippen LogP contribution in [0.5, 0.6) is 5.75 Å². The number of nitrogens with one attached hydrogen (secondary N) is 2. The maximum atomic E-state index is 12.5. The zero-order valence-corrected chi connectivity index (χ0v) is 21.9. The Bertz CT molecular complexity index is 1170. The highest BCUT2D eigenvalue weighted by atomic mass is 35.5. The van der Waals surface area contributed by atoms with Crippen molar-refractivity contribution in [1.29, 1.82) is 0 Å². The monoisotopic (exact) mass is 515 g/mol. The number of thioether (sulfide) groups is 1. The number of ether oxygens (including phenoxy) is 1. The summed E-state index contributed by atoms with van der Waals surface area (Å²) in [7, 11) is 0. The van der Waals surface area contributed by atoms with Gasteiger partial charge in [0, 0.05) is 17.3 Å². The summed E-state index contributed by atoms with van der Waals surface area (Å²) in [6.07, 6.45) is 0.286. The number of carbonyl (C=O) groups excluding carboxylic acids is 2. The number of nitrogens with zero attached hydrogens (tertiary/aromatic N) is 3. The molecule has 1 aromatic heterocycles. The van der Waals surface area contributed by atoms with E-state index in [-0.39, 0.29) is 24.1 Å². The van der Waals surface area contributed by atoms with E-state index in [1.54, 1.807) is 19.1 Å². The van der Waals surface area contributed by atoms with Crippen LogP contribution in [0.15, 0.2) is 47.6 Å². The minimum atomic E-state index is -0.659. The Morgan fingerprint density at radius 1 is 1.14 bits per heavy atom. The zero-order valence-electron chi connectivity index (χ0n) is 20.3. The van der Waals surface area contributed by atoms with Crippen LogP contribution in [0.4, 0.5) is 5.69 Å². The van der Waals surface area contributed by atoms with Gasteiger partial charge >= 0.3 is 0 Å². The number of benzene rings is 2. The molecule has 0 fully saturated rings. The number of hydrogen-bond donors (Lipinski definition) is 2. The van der Waals surface area contributed by atoms with Gasteiger partial charge in [-0.05, 0) is 62.6 Å². The predicted octanol–water partition coefficient (Wildman–Crippen LogP) is 4.64. The number of aromatic nitrogens is 3. The molecule has 186 valence electrons. The fraction of sp³-hybridized carbons (Fsp3) is 0.360. The summed E-state index contributed by atoms with van der Waals surface area (Å²) in [5.74, 6) is 0.998. The van der Waals surface area contributed by atoms with Gasteiger partial charge in [-0.25, -0.2) is 0 Å². The van der Waals surface area contributed by atoms with Crippen LogP contribution in [-0.4, -0.2) is 38.4 Å². The van der Waals surface area contributed by atoms with E-state index in [1.165, 1.54) is 17.3 Å². The fourth-order valence-electron chi connectivity index (χ4n) is 3.29. The molecular formula is C25H30ClN5O3S. The van der Waals surface area contributed by atoms with Gasteiger partial charge in [-0.2, -0.15) is 0 Å². The Morgan fingerprint density at radius 3 is 2.57 bits per heavy atom. The third kappa shape index (κ3) is 7.47. The third-order valence-electron chi connectivity index (χ3n) is 5.35. The molecule has 10 heteroatoms. The number of aryl methyl sites for hydroxylation is 2. The minimum Gasteiger partial charge on any atom is -0.481 e. The summed E-state index contributed by atoms with van der Waals surface area (Å²) in [6, 6.07) is 13.1. The summed E-state index contributed by atoms with van der Waals surface area (Å²) in [4.78, 5) is 25.0. The van der Waals surface area contributed by atoms with Gasteiger partial charge in [0.05, 0.1) is 12.3 Å². The van der Waals surface area contributed by atoms with Crippen LogP contribution in [0.3, 0.4) is 0 Å². The first kappa shape index (κ1) is 26.6. The van der Waals surface area contributed by atoms with Crippen LogP contribution in [-0.2, 0) is 29.1 Å². The molecule has 0 saturated carbocycles. The van der Waals surface area contributed by atoms with Crippen molar-refractivity contribution in [2.45, 2.75) is 58.5 Å². The van der Waals surface area contributed by atoms with E-state index >= 15 is 0 Å². The Labute approximate surface area is 214 Å². The van der Waals surface area contributed by atoms with Crippen LogP contribution < -0.4 is 15.4 Å². The van der Waals surface area contributed by atoms with E-state index in [9.17, 15) is 9.59 Å². The molecule has 0 radical (unpaired) electrons. The molecule has 0 aliphatic rings. The van der Waals surface area contributed by atoms with Crippen molar-refractivity contribution in [2.75, 3.05) is 11.1 Å². The van der Waals surface area contributed by atoms with Crippen LogP contribution in [0.1, 0.15) is 37.7 Å². The van der Waals surface area contributed by atoms with Crippen LogP contribution in [0, 0.1) is 6.92 Å². The maximum Gasteiger partial charge on any atom is 0.261 e. The third-order valence-corrected chi connectivity index (χ3v) is 6.55. The maximum absolute atomic E-state index is 12.5. The van der Waals surface area contributed by atoms with Crippen molar-refractivity contribution in [3.63, 3.8) is 0 Å². The molecule has 2 aromatic carbocycles. The second kappa shape index (κ2) is 12.6. The molecule has 3 rings (SSSR count). The van der Waals surface area contributed by atoms with Crippen LogP contribution in [0.25, 0.3) is 0 Å². The highest BCUT2D eigenvalue weighted by Gasteiger charge is 2.18.